The van der Waals surface area contributed by atoms with Crippen LogP contribution in [0.5, 0.6) is 5.75 Å². The minimum atomic E-state index is -0.0560. The molecule has 4 aromatic rings. The maximum atomic E-state index is 13.2. The Morgan fingerprint density at radius 2 is 1.61 bits per heavy atom. The molecule has 5 heteroatoms. The zero-order valence-corrected chi connectivity index (χ0v) is 18.5. The van der Waals surface area contributed by atoms with Crippen molar-refractivity contribution in [2.45, 2.75) is 19.7 Å². The van der Waals surface area contributed by atoms with Crippen molar-refractivity contribution < 1.29 is 13.9 Å². The van der Waals surface area contributed by atoms with Gasteiger partial charge in [0.2, 0.25) is 0 Å². The molecule has 0 bridgehead atoms. The highest BCUT2D eigenvalue weighted by molar-refractivity contribution is 9.10. The van der Waals surface area contributed by atoms with Crippen LogP contribution >= 0.6 is 15.9 Å². The van der Waals surface area contributed by atoms with Gasteiger partial charge in [-0.25, -0.2) is 0 Å². The first-order chi connectivity index (χ1) is 15.2. The number of ether oxygens (including phenoxy) is 1. The van der Waals surface area contributed by atoms with Crippen molar-refractivity contribution in [2.24, 2.45) is 0 Å². The van der Waals surface area contributed by atoms with Gasteiger partial charge in [0.05, 0.1) is 12.8 Å². The standard InChI is InChI=1S/C26H22BrNO3/c27-23-13-11-22(12-14-23)26(29)28(18-25-10-5-15-30-25)17-21-8-4-9-24(16-21)31-19-20-6-2-1-3-7-20/h1-16H,17-19H2. The van der Waals surface area contributed by atoms with E-state index in [-0.39, 0.29) is 5.91 Å². The van der Waals surface area contributed by atoms with Gasteiger partial charge < -0.3 is 14.1 Å². The van der Waals surface area contributed by atoms with Crippen LogP contribution in [0.2, 0.25) is 0 Å². The molecular weight excluding hydrogens is 454 g/mol. The summed E-state index contributed by atoms with van der Waals surface area (Å²) in [5.74, 6) is 1.46. The monoisotopic (exact) mass is 475 g/mol. The Hall–Kier alpha value is -3.31. The Morgan fingerprint density at radius 3 is 2.35 bits per heavy atom. The summed E-state index contributed by atoms with van der Waals surface area (Å²) in [6.45, 7) is 1.33. The Kier molecular flexibility index (Phi) is 6.85. The molecule has 0 N–H and O–H groups in total. The molecule has 0 aliphatic rings. The van der Waals surface area contributed by atoms with Gasteiger partial charge in [0.25, 0.3) is 5.91 Å². The van der Waals surface area contributed by atoms with E-state index in [2.05, 4.69) is 15.9 Å². The van der Waals surface area contributed by atoms with Crippen LogP contribution in [0.1, 0.15) is 27.2 Å². The van der Waals surface area contributed by atoms with Gasteiger partial charge >= 0.3 is 0 Å². The van der Waals surface area contributed by atoms with E-state index in [1.54, 1.807) is 11.2 Å². The van der Waals surface area contributed by atoms with Crippen molar-refractivity contribution in [3.63, 3.8) is 0 Å². The number of hydrogen-bond acceptors (Lipinski definition) is 3. The Morgan fingerprint density at radius 1 is 0.839 bits per heavy atom. The first kappa shape index (κ1) is 20.9. The molecule has 1 heterocycles. The van der Waals surface area contributed by atoms with Crippen molar-refractivity contribution in [3.05, 3.63) is 124 Å². The fraction of sp³-hybridized carbons (Fsp3) is 0.115. The van der Waals surface area contributed by atoms with Crippen LogP contribution in [0.4, 0.5) is 0 Å². The van der Waals surface area contributed by atoms with E-state index in [1.165, 1.54) is 0 Å². The minimum Gasteiger partial charge on any atom is -0.489 e. The van der Waals surface area contributed by atoms with Crippen LogP contribution in [0.25, 0.3) is 0 Å². The average Bonchev–Trinajstić information content (AvgIpc) is 3.31. The highest BCUT2D eigenvalue weighted by atomic mass is 79.9. The highest BCUT2D eigenvalue weighted by Crippen LogP contribution is 2.20. The number of amides is 1. The third kappa shape index (κ3) is 5.86. The number of benzene rings is 3. The molecule has 4 nitrogen and oxygen atoms in total. The lowest BCUT2D eigenvalue weighted by molar-refractivity contribution is 0.0717. The van der Waals surface area contributed by atoms with Crippen LogP contribution in [-0.2, 0) is 19.7 Å². The summed E-state index contributed by atoms with van der Waals surface area (Å²) in [4.78, 5) is 15.0. The lowest BCUT2D eigenvalue weighted by atomic mass is 10.1. The second-order valence-corrected chi connectivity index (χ2v) is 8.08. The summed E-state index contributed by atoms with van der Waals surface area (Å²) in [5.41, 5.74) is 2.73. The number of nitrogens with zero attached hydrogens (tertiary/aromatic N) is 1. The molecular formula is C26H22BrNO3. The highest BCUT2D eigenvalue weighted by Gasteiger charge is 2.18. The van der Waals surface area contributed by atoms with Gasteiger partial charge in [-0.3, -0.25) is 4.79 Å². The van der Waals surface area contributed by atoms with Crippen LogP contribution in [-0.4, -0.2) is 10.8 Å². The minimum absolute atomic E-state index is 0.0560. The second-order valence-electron chi connectivity index (χ2n) is 7.17. The number of furan rings is 1. The van der Waals surface area contributed by atoms with Gasteiger partial charge in [0, 0.05) is 16.6 Å². The Balaban J connectivity index is 1.50. The molecule has 0 fully saturated rings. The normalized spacial score (nSPS) is 10.6. The van der Waals surface area contributed by atoms with Crippen LogP contribution in [0, 0.1) is 0 Å². The number of rotatable bonds is 8. The summed E-state index contributed by atoms with van der Waals surface area (Å²) in [7, 11) is 0. The first-order valence-corrected chi connectivity index (χ1v) is 10.8. The molecule has 0 aliphatic heterocycles. The molecule has 0 atom stereocenters. The lowest BCUT2D eigenvalue weighted by Gasteiger charge is -2.22. The lowest BCUT2D eigenvalue weighted by Crippen LogP contribution is -2.30. The van der Waals surface area contributed by atoms with Crippen LogP contribution in [0.15, 0.2) is 106 Å². The van der Waals surface area contributed by atoms with Crippen molar-refractivity contribution in [1.29, 1.82) is 0 Å². The van der Waals surface area contributed by atoms with E-state index in [0.29, 0.717) is 25.3 Å². The predicted molar refractivity (Wildman–Crippen MR) is 124 cm³/mol. The fourth-order valence-corrected chi connectivity index (χ4v) is 3.52. The number of hydrogen-bond donors (Lipinski definition) is 0. The smallest absolute Gasteiger partial charge is 0.254 e. The third-order valence-electron chi connectivity index (χ3n) is 4.83. The fourth-order valence-electron chi connectivity index (χ4n) is 3.26. The largest absolute Gasteiger partial charge is 0.489 e. The molecule has 0 aliphatic carbocycles. The maximum Gasteiger partial charge on any atom is 0.254 e. The zero-order chi connectivity index (χ0) is 21.5. The molecule has 0 spiro atoms. The second kappa shape index (κ2) is 10.1. The SMILES string of the molecule is O=C(c1ccc(Br)cc1)N(Cc1cccc(OCc2ccccc2)c1)Cc1ccco1. The molecule has 1 amide bonds. The van der Waals surface area contributed by atoms with Crippen LogP contribution < -0.4 is 4.74 Å². The Bertz CT molecular complexity index is 1110. The van der Waals surface area contributed by atoms with E-state index in [9.17, 15) is 4.79 Å². The quantitative estimate of drug-likeness (QED) is 0.293. The first-order valence-electron chi connectivity index (χ1n) is 10.0. The van der Waals surface area contributed by atoms with E-state index < -0.39 is 0 Å². The molecule has 0 saturated heterocycles. The van der Waals surface area contributed by atoms with Gasteiger partial charge in [-0.15, -0.1) is 0 Å². The average molecular weight is 476 g/mol. The van der Waals surface area contributed by atoms with E-state index in [4.69, 9.17) is 9.15 Å². The van der Waals surface area contributed by atoms with Crippen molar-refractivity contribution in [1.82, 2.24) is 4.90 Å². The molecule has 0 radical (unpaired) electrons. The van der Waals surface area contributed by atoms with Gasteiger partial charge in [-0.2, -0.15) is 0 Å². The maximum absolute atomic E-state index is 13.2. The zero-order valence-electron chi connectivity index (χ0n) is 16.9. The summed E-state index contributed by atoms with van der Waals surface area (Å²) in [6.07, 6.45) is 1.62. The van der Waals surface area contributed by atoms with Gasteiger partial charge in [0.15, 0.2) is 0 Å². The number of carbonyl (C=O) groups is 1. The van der Waals surface area contributed by atoms with E-state index >= 15 is 0 Å². The van der Waals surface area contributed by atoms with Crippen LogP contribution in [0.3, 0.4) is 0 Å². The summed E-state index contributed by atoms with van der Waals surface area (Å²) >= 11 is 3.42. The van der Waals surface area contributed by atoms with Gasteiger partial charge in [-0.1, -0.05) is 58.4 Å². The van der Waals surface area contributed by atoms with Gasteiger partial charge in [-0.05, 0) is 59.7 Å². The Labute approximate surface area is 190 Å². The number of carbonyl (C=O) groups excluding carboxylic acids is 1. The molecule has 31 heavy (non-hydrogen) atoms. The van der Waals surface area contributed by atoms with Gasteiger partial charge in [0.1, 0.15) is 18.1 Å². The molecule has 1 aromatic heterocycles. The van der Waals surface area contributed by atoms with Crippen molar-refractivity contribution >= 4 is 21.8 Å². The summed E-state index contributed by atoms with van der Waals surface area (Å²) in [6, 6.07) is 29.0. The van der Waals surface area contributed by atoms with E-state index in [1.807, 2.05) is 91.0 Å². The molecule has 3 aromatic carbocycles. The van der Waals surface area contributed by atoms with Crippen molar-refractivity contribution in [2.75, 3.05) is 0 Å². The molecule has 156 valence electrons. The van der Waals surface area contributed by atoms with E-state index in [0.717, 1.165) is 27.1 Å². The molecule has 0 saturated carbocycles. The third-order valence-corrected chi connectivity index (χ3v) is 5.35. The topological polar surface area (TPSA) is 42.7 Å². The summed E-state index contributed by atoms with van der Waals surface area (Å²) in [5, 5.41) is 0. The molecule has 0 unspecified atom stereocenters. The number of halogens is 1. The summed E-state index contributed by atoms with van der Waals surface area (Å²) < 4.78 is 12.4. The van der Waals surface area contributed by atoms with Crippen molar-refractivity contribution in [3.8, 4) is 5.75 Å². The molecule has 4 rings (SSSR count). The predicted octanol–water partition coefficient (Wildman–Crippen LogP) is 6.46.